The Morgan fingerprint density at radius 2 is 2.29 bits per heavy atom. The van der Waals surface area contributed by atoms with E-state index < -0.39 is 5.91 Å². The molecule has 0 bridgehead atoms. The fourth-order valence-corrected chi connectivity index (χ4v) is 1.72. The van der Waals surface area contributed by atoms with Gasteiger partial charge in [-0.2, -0.15) is 0 Å². The Balaban J connectivity index is 2.82. The largest absolute Gasteiger partial charge is 0.366 e. The molecule has 1 unspecified atom stereocenters. The molecule has 6 heteroatoms. The fraction of sp³-hybridized carbons (Fsp3) is 0.250. The second kappa shape index (κ2) is 4.56. The zero-order valence-electron chi connectivity index (χ0n) is 7.41. The Morgan fingerprint density at radius 3 is 2.79 bits per heavy atom. The molecule has 0 aliphatic carbocycles. The predicted octanol–water partition coefficient (Wildman–Crippen LogP) is 1.57. The van der Waals surface area contributed by atoms with E-state index in [2.05, 4.69) is 21.2 Å². The van der Waals surface area contributed by atoms with Crippen LogP contribution in [0.3, 0.4) is 0 Å². The van der Waals surface area contributed by atoms with Crippen LogP contribution in [0.15, 0.2) is 11.4 Å². The third kappa shape index (κ3) is 2.55. The Bertz CT molecular complexity index is 362. The minimum atomic E-state index is -0.538. The Kier molecular flexibility index (Phi) is 3.65. The van der Waals surface area contributed by atoms with Crippen LogP contribution in [0.1, 0.15) is 17.3 Å². The van der Waals surface area contributed by atoms with Gasteiger partial charge in [-0.05, 0) is 18.4 Å². The van der Waals surface area contributed by atoms with Crippen LogP contribution in [0.2, 0.25) is 0 Å². The Morgan fingerprint density at radius 1 is 1.64 bits per heavy atom. The van der Waals surface area contributed by atoms with Crippen molar-refractivity contribution in [1.82, 2.24) is 0 Å². The SMILES string of the molecule is CC(Br)C(=O)Nc1sccc1C(N)=O. The van der Waals surface area contributed by atoms with Gasteiger partial charge < -0.3 is 11.1 Å². The topological polar surface area (TPSA) is 72.2 Å². The van der Waals surface area contributed by atoms with Gasteiger partial charge in [0.25, 0.3) is 5.91 Å². The highest BCUT2D eigenvalue weighted by molar-refractivity contribution is 9.10. The number of thiophene rings is 1. The molecule has 0 fully saturated rings. The van der Waals surface area contributed by atoms with E-state index in [0.29, 0.717) is 10.6 Å². The molecule has 1 heterocycles. The van der Waals surface area contributed by atoms with Gasteiger partial charge in [-0.1, -0.05) is 15.9 Å². The van der Waals surface area contributed by atoms with Crippen LogP contribution < -0.4 is 11.1 Å². The molecule has 76 valence electrons. The molecule has 4 nitrogen and oxygen atoms in total. The molecule has 0 aromatic carbocycles. The minimum Gasteiger partial charge on any atom is -0.366 e. The van der Waals surface area contributed by atoms with Crippen molar-refractivity contribution in [3.63, 3.8) is 0 Å². The van der Waals surface area contributed by atoms with E-state index in [4.69, 9.17) is 5.73 Å². The van der Waals surface area contributed by atoms with Crippen molar-refractivity contribution >= 4 is 44.1 Å². The number of anilines is 1. The number of hydrogen-bond acceptors (Lipinski definition) is 3. The number of carbonyl (C=O) groups excluding carboxylic acids is 2. The van der Waals surface area contributed by atoms with Crippen molar-refractivity contribution in [2.45, 2.75) is 11.8 Å². The lowest BCUT2D eigenvalue weighted by molar-refractivity contribution is -0.115. The maximum absolute atomic E-state index is 11.3. The zero-order valence-corrected chi connectivity index (χ0v) is 9.81. The summed E-state index contributed by atoms with van der Waals surface area (Å²) in [5.74, 6) is -0.737. The van der Waals surface area contributed by atoms with Crippen molar-refractivity contribution in [1.29, 1.82) is 0 Å². The Hall–Kier alpha value is -0.880. The Labute approximate surface area is 93.6 Å². The van der Waals surface area contributed by atoms with Gasteiger partial charge in [0.1, 0.15) is 5.00 Å². The number of halogens is 1. The van der Waals surface area contributed by atoms with Crippen molar-refractivity contribution in [2.24, 2.45) is 5.73 Å². The van der Waals surface area contributed by atoms with E-state index in [1.165, 1.54) is 11.3 Å². The maximum Gasteiger partial charge on any atom is 0.251 e. The minimum absolute atomic E-state index is 0.199. The molecule has 14 heavy (non-hydrogen) atoms. The van der Waals surface area contributed by atoms with Gasteiger partial charge >= 0.3 is 0 Å². The second-order valence-corrected chi connectivity index (χ2v) is 4.92. The first-order chi connectivity index (χ1) is 6.52. The first-order valence-corrected chi connectivity index (χ1v) is 5.64. The number of amides is 2. The van der Waals surface area contributed by atoms with Crippen molar-refractivity contribution in [2.75, 3.05) is 5.32 Å². The van der Waals surface area contributed by atoms with Gasteiger partial charge in [-0.3, -0.25) is 9.59 Å². The lowest BCUT2D eigenvalue weighted by Crippen LogP contribution is -2.21. The molecule has 1 aromatic rings. The average Bonchev–Trinajstić information content (AvgIpc) is 2.52. The van der Waals surface area contributed by atoms with Crippen LogP contribution in [-0.4, -0.2) is 16.6 Å². The molecule has 1 rings (SSSR count). The fourth-order valence-electron chi connectivity index (χ4n) is 0.811. The molecule has 1 aromatic heterocycles. The van der Waals surface area contributed by atoms with Crippen molar-refractivity contribution < 1.29 is 9.59 Å². The molecule has 0 aliphatic rings. The van der Waals surface area contributed by atoms with Crippen molar-refractivity contribution in [3.8, 4) is 0 Å². The summed E-state index contributed by atoms with van der Waals surface area (Å²) >= 11 is 4.39. The monoisotopic (exact) mass is 276 g/mol. The highest BCUT2D eigenvalue weighted by Crippen LogP contribution is 2.23. The van der Waals surface area contributed by atoms with Crippen LogP contribution >= 0.6 is 27.3 Å². The molecule has 1 atom stereocenters. The summed E-state index contributed by atoms with van der Waals surface area (Å²) in [5, 5.41) is 4.80. The van der Waals surface area contributed by atoms with Gasteiger partial charge in [0.05, 0.1) is 10.4 Å². The predicted molar refractivity (Wildman–Crippen MR) is 59.9 cm³/mol. The molecule has 2 amide bonds. The number of nitrogens with one attached hydrogen (secondary N) is 1. The number of alkyl halides is 1. The van der Waals surface area contributed by atoms with Gasteiger partial charge in [0.2, 0.25) is 5.91 Å². The lowest BCUT2D eigenvalue weighted by atomic mass is 10.3. The third-order valence-electron chi connectivity index (χ3n) is 1.53. The summed E-state index contributed by atoms with van der Waals surface area (Å²) in [6, 6.07) is 1.58. The summed E-state index contributed by atoms with van der Waals surface area (Å²) in [6.07, 6.45) is 0. The number of nitrogens with two attached hydrogens (primary N) is 1. The van der Waals surface area contributed by atoms with E-state index in [9.17, 15) is 9.59 Å². The van der Waals surface area contributed by atoms with Crippen LogP contribution in [0.5, 0.6) is 0 Å². The van der Waals surface area contributed by atoms with E-state index >= 15 is 0 Å². The highest BCUT2D eigenvalue weighted by atomic mass is 79.9. The van der Waals surface area contributed by atoms with Crippen LogP contribution in [0, 0.1) is 0 Å². The van der Waals surface area contributed by atoms with Gasteiger partial charge in [-0.25, -0.2) is 0 Å². The zero-order chi connectivity index (χ0) is 10.7. The lowest BCUT2D eigenvalue weighted by Gasteiger charge is -2.05. The summed E-state index contributed by atoms with van der Waals surface area (Å²) < 4.78 is 0. The molecule has 0 saturated heterocycles. The molecular weight excluding hydrogens is 268 g/mol. The van der Waals surface area contributed by atoms with E-state index in [-0.39, 0.29) is 10.7 Å². The summed E-state index contributed by atoms with van der Waals surface area (Å²) in [7, 11) is 0. The summed E-state index contributed by atoms with van der Waals surface area (Å²) in [5.41, 5.74) is 5.46. The van der Waals surface area contributed by atoms with Crippen LogP contribution in [0.4, 0.5) is 5.00 Å². The van der Waals surface area contributed by atoms with E-state index in [1.54, 1.807) is 18.4 Å². The second-order valence-electron chi connectivity index (χ2n) is 2.63. The first kappa shape index (κ1) is 11.2. The summed E-state index contributed by atoms with van der Waals surface area (Å²) in [6.45, 7) is 1.70. The smallest absolute Gasteiger partial charge is 0.251 e. The first-order valence-electron chi connectivity index (χ1n) is 3.84. The molecule has 0 aliphatic heterocycles. The number of primary amides is 1. The van der Waals surface area contributed by atoms with Crippen molar-refractivity contribution in [3.05, 3.63) is 17.0 Å². The normalized spacial score (nSPS) is 12.1. The number of carbonyl (C=O) groups is 2. The van der Waals surface area contributed by atoms with Gasteiger partial charge in [0, 0.05) is 0 Å². The quantitative estimate of drug-likeness (QED) is 0.823. The van der Waals surface area contributed by atoms with Crippen LogP contribution in [-0.2, 0) is 4.79 Å². The molecule has 0 spiro atoms. The van der Waals surface area contributed by atoms with Gasteiger partial charge in [0.15, 0.2) is 0 Å². The van der Waals surface area contributed by atoms with Gasteiger partial charge in [-0.15, -0.1) is 11.3 Å². The molecule has 3 N–H and O–H groups in total. The van der Waals surface area contributed by atoms with E-state index in [0.717, 1.165) is 0 Å². The summed E-state index contributed by atoms with van der Waals surface area (Å²) in [4.78, 5) is 21.9. The third-order valence-corrected chi connectivity index (χ3v) is 2.77. The maximum atomic E-state index is 11.3. The highest BCUT2D eigenvalue weighted by Gasteiger charge is 2.14. The van der Waals surface area contributed by atoms with Crippen LogP contribution in [0.25, 0.3) is 0 Å². The van der Waals surface area contributed by atoms with E-state index in [1.807, 2.05) is 0 Å². The average molecular weight is 277 g/mol. The molecule has 0 radical (unpaired) electrons. The standard InChI is InChI=1S/C8H9BrN2O2S/c1-4(9)7(13)11-8-5(6(10)12)2-3-14-8/h2-4H,1H3,(H2,10,12)(H,11,13). The number of rotatable bonds is 3. The molecular formula is C8H9BrN2O2S. The number of hydrogen-bond donors (Lipinski definition) is 2. The molecule has 0 saturated carbocycles.